The summed E-state index contributed by atoms with van der Waals surface area (Å²) in [6.45, 7) is 7.73. The van der Waals surface area contributed by atoms with Crippen LogP contribution in [0.25, 0.3) is 0 Å². The van der Waals surface area contributed by atoms with Crippen molar-refractivity contribution >= 4 is 17.6 Å². The highest BCUT2D eigenvalue weighted by Gasteiger charge is 2.37. The number of carbonyl (C=O) groups excluding carboxylic acids is 3. The number of unbranched alkanes of at least 4 members (excludes halogenated alkanes) is 3. The minimum atomic E-state index is -0.146. The van der Waals surface area contributed by atoms with E-state index in [9.17, 15) is 14.4 Å². The Morgan fingerprint density at radius 1 is 1.04 bits per heavy atom. The van der Waals surface area contributed by atoms with Crippen LogP contribution in [0.5, 0.6) is 0 Å². The maximum absolute atomic E-state index is 12.3. The molecule has 2 atom stereocenters. The molecular formula is C22H39NO5. The van der Waals surface area contributed by atoms with Gasteiger partial charge in [-0.15, -0.1) is 0 Å². The Morgan fingerprint density at radius 2 is 1.75 bits per heavy atom. The quantitative estimate of drug-likeness (QED) is 0.276. The Morgan fingerprint density at radius 3 is 2.43 bits per heavy atom. The Labute approximate surface area is 170 Å². The molecule has 0 aromatic rings. The van der Waals surface area contributed by atoms with Crippen LogP contribution in [-0.2, 0) is 23.9 Å². The number of rotatable bonds is 17. The van der Waals surface area contributed by atoms with Gasteiger partial charge in [0.1, 0.15) is 6.61 Å². The van der Waals surface area contributed by atoms with Crippen LogP contribution in [0.4, 0.5) is 0 Å². The summed E-state index contributed by atoms with van der Waals surface area (Å²) in [7, 11) is 0. The third-order valence-corrected chi connectivity index (χ3v) is 5.42. The van der Waals surface area contributed by atoms with E-state index >= 15 is 0 Å². The second kappa shape index (κ2) is 14.7. The number of amides is 2. The van der Waals surface area contributed by atoms with Gasteiger partial charge >= 0.3 is 0 Å². The van der Waals surface area contributed by atoms with Gasteiger partial charge in [0, 0.05) is 18.3 Å². The molecule has 0 radical (unpaired) electrons. The van der Waals surface area contributed by atoms with Gasteiger partial charge in [0.05, 0.1) is 26.4 Å². The highest BCUT2D eigenvalue weighted by Crippen LogP contribution is 2.24. The summed E-state index contributed by atoms with van der Waals surface area (Å²) in [5.74, 6) is -0.0249. The van der Waals surface area contributed by atoms with Crippen LogP contribution in [0.3, 0.4) is 0 Å². The molecule has 1 saturated heterocycles. The molecule has 0 aliphatic carbocycles. The average Bonchev–Trinajstić information content (AvgIpc) is 2.95. The van der Waals surface area contributed by atoms with Crippen LogP contribution in [0.1, 0.15) is 78.6 Å². The molecule has 0 spiro atoms. The lowest BCUT2D eigenvalue weighted by molar-refractivity contribution is -0.140. The molecule has 1 fully saturated rings. The summed E-state index contributed by atoms with van der Waals surface area (Å²) in [4.78, 5) is 37.8. The molecule has 2 amide bonds. The fourth-order valence-corrected chi connectivity index (χ4v) is 3.56. The standard InChI is InChI=1S/C22H39NO5/c1-4-7-9-11-19-16-21(25)23(22(19)26)12-13-27-14-15-28-17-20(24)18(6-3)10-8-5-2/h18-19H,4-17H2,1-3H3. The topological polar surface area (TPSA) is 72.9 Å². The van der Waals surface area contributed by atoms with Crippen molar-refractivity contribution in [3.63, 3.8) is 0 Å². The summed E-state index contributed by atoms with van der Waals surface area (Å²) in [6.07, 6.45) is 8.30. The van der Waals surface area contributed by atoms with Gasteiger partial charge < -0.3 is 9.47 Å². The van der Waals surface area contributed by atoms with Crippen LogP contribution in [-0.4, -0.2) is 55.5 Å². The van der Waals surface area contributed by atoms with E-state index in [1.807, 2.05) is 6.92 Å². The summed E-state index contributed by atoms with van der Waals surface area (Å²) in [5.41, 5.74) is 0. The van der Waals surface area contributed by atoms with E-state index < -0.39 is 0 Å². The normalized spacial score (nSPS) is 18.1. The molecule has 6 heteroatoms. The van der Waals surface area contributed by atoms with E-state index in [-0.39, 0.29) is 36.0 Å². The van der Waals surface area contributed by atoms with Crippen LogP contribution in [0.2, 0.25) is 0 Å². The summed E-state index contributed by atoms with van der Waals surface area (Å²) < 4.78 is 10.9. The molecule has 6 nitrogen and oxygen atoms in total. The molecule has 1 aliphatic rings. The van der Waals surface area contributed by atoms with Gasteiger partial charge in [-0.3, -0.25) is 19.3 Å². The average molecular weight is 398 g/mol. The number of likely N-dealkylation sites (tertiary alicyclic amines) is 1. The number of nitrogens with zero attached hydrogens (tertiary/aromatic N) is 1. The molecule has 162 valence electrons. The predicted molar refractivity (Wildman–Crippen MR) is 109 cm³/mol. The molecule has 0 aromatic carbocycles. The number of Topliss-reactive ketones (excluding diaryl/α,β-unsaturated/α-hetero) is 1. The lowest BCUT2D eigenvalue weighted by Gasteiger charge is -2.15. The number of ether oxygens (including phenoxy) is 2. The lowest BCUT2D eigenvalue weighted by Crippen LogP contribution is -2.34. The largest absolute Gasteiger partial charge is 0.377 e. The van der Waals surface area contributed by atoms with Crippen LogP contribution in [0.15, 0.2) is 0 Å². The van der Waals surface area contributed by atoms with Crippen molar-refractivity contribution < 1.29 is 23.9 Å². The van der Waals surface area contributed by atoms with Crippen molar-refractivity contribution in [1.82, 2.24) is 4.90 Å². The SMILES string of the molecule is CCCCCC1CC(=O)N(CCOCCOCC(=O)C(CC)CCCC)C1=O. The van der Waals surface area contributed by atoms with Crippen LogP contribution >= 0.6 is 0 Å². The highest BCUT2D eigenvalue weighted by molar-refractivity contribution is 6.03. The van der Waals surface area contributed by atoms with E-state index in [1.54, 1.807) is 0 Å². The molecule has 28 heavy (non-hydrogen) atoms. The van der Waals surface area contributed by atoms with Gasteiger partial charge in [-0.05, 0) is 19.3 Å². The van der Waals surface area contributed by atoms with Gasteiger partial charge in [-0.1, -0.05) is 52.9 Å². The molecule has 0 saturated carbocycles. The minimum Gasteiger partial charge on any atom is -0.377 e. The first-order valence-electron chi connectivity index (χ1n) is 11.1. The molecule has 1 rings (SSSR count). The van der Waals surface area contributed by atoms with Gasteiger partial charge in [0.2, 0.25) is 11.8 Å². The Kier molecular flexibility index (Phi) is 13.0. The maximum Gasteiger partial charge on any atom is 0.232 e. The van der Waals surface area contributed by atoms with Crippen LogP contribution in [0, 0.1) is 11.8 Å². The zero-order valence-electron chi connectivity index (χ0n) is 18.0. The molecule has 0 N–H and O–H groups in total. The smallest absolute Gasteiger partial charge is 0.232 e. The van der Waals surface area contributed by atoms with Gasteiger partial charge in [0.25, 0.3) is 0 Å². The zero-order chi connectivity index (χ0) is 20.8. The fourth-order valence-electron chi connectivity index (χ4n) is 3.56. The number of hydrogen-bond donors (Lipinski definition) is 0. The molecule has 1 aliphatic heterocycles. The molecule has 0 aromatic heterocycles. The Hall–Kier alpha value is -1.27. The van der Waals surface area contributed by atoms with Crippen molar-refractivity contribution in [2.75, 3.05) is 33.0 Å². The van der Waals surface area contributed by atoms with E-state index in [0.717, 1.165) is 51.4 Å². The van der Waals surface area contributed by atoms with Crippen molar-refractivity contribution in [2.24, 2.45) is 11.8 Å². The summed E-state index contributed by atoms with van der Waals surface area (Å²) in [6, 6.07) is 0. The second-order valence-electron chi connectivity index (χ2n) is 7.66. The number of ketones is 1. The van der Waals surface area contributed by atoms with Gasteiger partial charge in [-0.2, -0.15) is 0 Å². The van der Waals surface area contributed by atoms with Gasteiger partial charge in [-0.25, -0.2) is 0 Å². The van der Waals surface area contributed by atoms with Crippen molar-refractivity contribution in [2.45, 2.75) is 78.6 Å². The number of hydrogen-bond acceptors (Lipinski definition) is 5. The van der Waals surface area contributed by atoms with Crippen molar-refractivity contribution in [3.8, 4) is 0 Å². The third kappa shape index (κ3) is 8.82. The maximum atomic E-state index is 12.3. The molecule has 1 heterocycles. The molecule has 2 unspecified atom stereocenters. The van der Waals surface area contributed by atoms with E-state index in [1.165, 1.54) is 4.90 Å². The van der Waals surface area contributed by atoms with E-state index in [0.29, 0.717) is 32.8 Å². The number of carbonyl (C=O) groups is 3. The van der Waals surface area contributed by atoms with E-state index in [4.69, 9.17) is 9.47 Å². The van der Waals surface area contributed by atoms with Crippen LogP contribution < -0.4 is 0 Å². The fraction of sp³-hybridized carbons (Fsp3) is 0.864. The first-order valence-corrected chi connectivity index (χ1v) is 11.1. The summed E-state index contributed by atoms with van der Waals surface area (Å²) >= 11 is 0. The van der Waals surface area contributed by atoms with Crippen molar-refractivity contribution in [3.05, 3.63) is 0 Å². The monoisotopic (exact) mass is 397 g/mol. The molecule has 0 bridgehead atoms. The molecular weight excluding hydrogens is 358 g/mol. The zero-order valence-corrected chi connectivity index (χ0v) is 18.0. The lowest BCUT2D eigenvalue weighted by atomic mass is 9.95. The van der Waals surface area contributed by atoms with E-state index in [2.05, 4.69) is 13.8 Å². The second-order valence-corrected chi connectivity index (χ2v) is 7.66. The first-order chi connectivity index (χ1) is 13.5. The minimum absolute atomic E-state index is 0.0516. The third-order valence-electron chi connectivity index (χ3n) is 5.42. The Bertz CT molecular complexity index is 480. The number of imide groups is 1. The van der Waals surface area contributed by atoms with Crippen molar-refractivity contribution in [1.29, 1.82) is 0 Å². The predicted octanol–water partition coefficient (Wildman–Crippen LogP) is 3.76. The Balaban J connectivity index is 2.13. The first kappa shape index (κ1) is 24.8. The van der Waals surface area contributed by atoms with Gasteiger partial charge in [0.15, 0.2) is 5.78 Å². The summed E-state index contributed by atoms with van der Waals surface area (Å²) in [5, 5.41) is 0. The highest BCUT2D eigenvalue weighted by atomic mass is 16.5.